The monoisotopic (exact) mass is 291 g/mol. The van der Waals surface area contributed by atoms with Gasteiger partial charge < -0.3 is 9.67 Å². The lowest BCUT2D eigenvalue weighted by Crippen LogP contribution is -2.16. The SMILES string of the molecule is CCc1nnc(SCC(=O)O)n1C(C)CS(C)=O. The molecule has 1 rings (SSSR count). The Morgan fingerprint density at radius 2 is 2.22 bits per heavy atom. The van der Waals surface area contributed by atoms with Gasteiger partial charge in [-0.1, -0.05) is 18.7 Å². The summed E-state index contributed by atoms with van der Waals surface area (Å²) in [5.74, 6) is 0.357. The first-order chi connectivity index (χ1) is 8.45. The van der Waals surface area contributed by atoms with Gasteiger partial charge in [-0.05, 0) is 6.92 Å². The van der Waals surface area contributed by atoms with Gasteiger partial charge in [-0.25, -0.2) is 0 Å². The quantitative estimate of drug-likeness (QED) is 0.753. The Morgan fingerprint density at radius 1 is 1.56 bits per heavy atom. The maximum Gasteiger partial charge on any atom is 0.313 e. The Morgan fingerprint density at radius 3 is 2.72 bits per heavy atom. The van der Waals surface area contributed by atoms with Crippen LogP contribution in [0.4, 0.5) is 0 Å². The second-order valence-corrected chi connectivity index (χ2v) is 6.32. The number of carbonyl (C=O) groups is 1. The molecule has 1 aromatic rings. The van der Waals surface area contributed by atoms with Crippen molar-refractivity contribution in [2.24, 2.45) is 0 Å². The minimum atomic E-state index is -0.913. The average Bonchev–Trinajstić information content (AvgIpc) is 2.68. The Kier molecular flexibility index (Phi) is 5.80. The molecule has 0 spiro atoms. The largest absolute Gasteiger partial charge is 0.481 e. The van der Waals surface area contributed by atoms with Crippen LogP contribution in [0, 0.1) is 0 Å². The number of hydrogen-bond donors (Lipinski definition) is 1. The first-order valence-electron chi connectivity index (χ1n) is 5.54. The number of nitrogens with zero attached hydrogens (tertiary/aromatic N) is 3. The zero-order valence-corrected chi connectivity index (χ0v) is 12.3. The molecule has 0 saturated carbocycles. The van der Waals surface area contributed by atoms with Crippen molar-refractivity contribution in [1.82, 2.24) is 14.8 Å². The summed E-state index contributed by atoms with van der Waals surface area (Å²) < 4.78 is 13.2. The number of carboxylic acid groups (broad SMARTS) is 1. The highest BCUT2D eigenvalue weighted by Crippen LogP contribution is 2.22. The highest BCUT2D eigenvalue weighted by Gasteiger charge is 2.18. The van der Waals surface area contributed by atoms with Crippen molar-refractivity contribution < 1.29 is 14.1 Å². The van der Waals surface area contributed by atoms with Gasteiger partial charge in [0.05, 0.1) is 5.75 Å². The van der Waals surface area contributed by atoms with E-state index < -0.39 is 16.8 Å². The van der Waals surface area contributed by atoms with Gasteiger partial charge in [0, 0.05) is 35.3 Å². The fourth-order valence-corrected chi connectivity index (χ4v) is 3.23. The molecule has 102 valence electrons. The number of aryl methyl sites for hydroxylation is 1. The molecule has 0 amide bonds. The fraction of sp³-hybridized carbons (Fsp3) is 0.700. The maximum atomic E-state index is 11.3. The number of thioether (sulfide) groups is 1. The molecule has 1 aromatic heterocycles. The van der Waals surface area contributed by atoms with Gasteiger partial charge in [0.25, 0.3) is 0 Å². The Hall–Kier alpha value is -0.890. The zero-order chi connectivity index (χ0) is 13.7. The van der Waals surface area contributed by atoms with E-state index in [1.54, 1.807) is 6.26 Å². The first kappa shape index (κ1) is 15.2. The van der Waals surface area contributed by atoms with Crippen LogP contribution in [-0.4, -0.2) is 47.8 Å². The number of carboxylic acids is 1. The summed E-state index contributed by atoms with van der Waals surface area (Å²) in [7, 11) is -0.913. The summed E-state index contributed by atoms with van der Waals surface area (Å²) in [6.07, 6.45) is 2.36. The number of aromatic nitrogens is 3. The second kappa shape index (κ2) is 6.89. The van der Waals surface area contributed by atoms with Crippen LogP contribution in [0.15, 0.2) is 5.16 Å². The van der Waals surface area contributed by atoms with Gasteiger partial charge in [-0.3, -0.25) is 9.00 Å². The smallest absolute Gasteiger partial charge is 0.313 e. The molecule has 1 heterocycles. The third-order valence-electron chi connectivity index (χ3n) is 2.29. The number of hydrogen-bond acceptors (Lipinski definition) is 5. The van der Waals surface area contributed by atoms with Gasteiger partial charge in [0.15, 0.2) is 5.16 Å². The molecule has 2 unspecified atom stereocenters. The van der Waals surface area contributed by atoms with Crippen LogP contribution in [0.1, 0.15) is 25.7 Å². The van der Waals surface area contributed by atoms with E-state index in [1.807, 2.05) is 18.4 Å². The van der Waals surface area contributed by atoms with Crippen LogP contribution in [0.2, 0.25) is 0 Å². The van der Waals surface area contributed by atoms with Crippen LogP contribution >= 0.6 is 11.8 Å². The minimum absolute atomic E-state index is 0.00271. The zero-order valence-electron chi connectivity index (χ0n) is 10.6. The number of rotatable bonds is 7. The van der Waals surface area contributed by atoms with E-state index >= 15 is 0 Å². The van der Waals surface area contributed by atoms with E-state index in [4.69, 9.17) is 5.11 Å². The Balaban J connectivity index is 2.93. The second-order valence-electron chi connectivity index (χ2n) is 3.89. The van der Waals surface area contributed by atoms with Crippen molar-refractivity contribution >= 4 is 28.5 Å². The molecule has 0 aliphatic rings. The summed E-state index contributed by atoms with van der Waals surface area (Å²) in [5.41, 5.74) is 0. The highest BCUT2D eigenvalue weighted by atomic mass is 32.2. The summed E-state index contributed by atoms with van der Waals surface area (Å²) >= 11 is 1.14. The summed E-state index contributed by atoms with van der Waals surface area (Å²) in [5, 5.41) is 17.3. The molecule has 1 N–H and O–H groups in total. The van der Waals surface area contributed by atoms with Crippen molar-refractivity contribution in [3.63, 3.8) is 0 Å². The molecule has 2 atom stereocenters. The molecule has 0 saturated heterocycles. The standard InChI is InChI=1S/C10H17N3O3S2/c1-4-8-11-12-10(17-5-9(14)15)13(8)7(2)6-18(3)16/h7H,4-6H2,1-3H3,(H,14,15). The normalized spacial score (nSPS) is 14.4. The van der Waals surface area contributed by atoms with Crippen LogP contribution < -0.4 is 0 Å². The van der Waals surface area contributed by atoms with E-state index in [2.05, 4.69) is 10.2 Å². The van der Waals surface area contributed by atoms with Gasteiger partial charge in [-0.15, -0.1) is 10.2 Å². The van der Waals surface area contributed by atoms with Crippen LogP contribution in [0.25, 0.3) is 0 Å². The van der Waals surface area contributed by atoms with Gasteiger partial charge >= 0.3 is 5.97 Å². The van der Waals surface area contributed by atoms with Crippen LogP contribution in [0.5, 0.6) is 0 Å². The summed E-state index contributed by atoms with van der Waals surface area (Å²) in [6.45, 7) is 3.90. The van der Waals surface area contributed by atoms with Crippen LogP contribution in [0.3, 0.4) is 0 Å². The van der Waals surface area contributed by atoms with E-state index in [9.17, 15) is 9.00 Å². The molecular weight excluding hydrogens is 274 g/mol. The van der Waals surface area contributed by atoms with Gasteiger partial charge in [-0.2, -0.15) is 0 Å². The van der Waals surface area contributed by atoms with E-state index in [0.29, 0.717) is 17.3 Å². The molecule has 0 aliphatic carbocycles. The molecular formula is C10H17N3O3S2. The molecule has 0 aromatic carbocycles. The topological polar surface area (TPSA) is 85.1 Å². The third kappa shape index (κ3) is 4.09. The molecule has 0 aliphatic heterocycles. The lowest BCUT2D eigenvalue weighted by atomic mass is 10.3. The lowest BCUT2D eigenvalue weighted by Gasteiger charge is -2.16. The van der Waals surface area contributed by atoms with E-state index in [1.165, 1.54) is 0 Å². The fourth-order valence-electron chi connectivity index (χ4n) is 1.63. The van der Waals surface area contributed by atoms with Crippen molar-refractivity contribution in [3.05, 3.63) is 5.82 Å². The van der Waals surface area contributed by atoms with Gasteiger partial charge in [0.1, 0.15) is 5.82 Å². The third-order valence-corrected chi connectivity index (χ3v) is 4.17. The van der Waals surface area contributed by atoms with Crippen molar-refractivity contribution in [2.45, 2.75) is 31.5 Å². The summed E-state index contributed by atoms with van der Waals surface area (Å²) in [4.78, 5) is 10.6. The first-order valence-corrected chi connectivity index (χ1v) is 8.25. The molecule has 18 heavy (non-hydrogen) atoms. The minimum Gasteiger partial charge on any atom is -0.481 e. The molecule has 0 fully saturated rings. The summed E-state index contributed by atoms with van der Waals surface area (Å²) in [6, 6.07) is -0.00271. The number of aliphatic carboxylic acids is 1. The van der Waals surface area contributed by atoms with Crippen molar-refractivity contribution in [1.29, 1.82) is 0 Å². The van der Waals surface area contributed by atoms with Gasteiger partial charge in [0.2, 0.25) is 0 Å². The molecule has 0 bridgehead atoms. The highest BCUT2D eigenvalue weighted by molar-refractivity contribution is 7.99. The Labute approximate surface area is 113 Å². The van der Waals surface area contributed by atoms with E-state index in [-0.39, 0.29) is 11.8 Å². The van der Waals surface area contributed by atoms with E-state index in [0.717, 1.165) is 17.6 Å². The molecule has 0 radical (unpaired) electrons. The molecule has 8 heteroatoms. The average molecular weight is 291 g/mol. The van der Waals surface area contributed by atoms with Crippen molar-refractivity contribution in [3.8, 4) is 0 Å². The lowest BCUT2D eigenvalue weighted by molar-refractivity contribution is -0.133. The predicted octanol–water partition coefficient (Wildman–Crippen LogP) is 0.957. The molecule has 6 nitrogen and oxygen atoms in total. The predicted molar refractivity (Wildman–Crippen MR) is 71.4 cm³/mol. The van der Waals surface area contributed by atoms with Crippen molar-refractivity contribution in [2.75, 3.05) is 17.8 Å². The maximum absolute atomic E-state index is 11.3. The Bertz CT molecular complexity index is 448. The van der Waals surface area contributed by atoms with Crippen LogP contribution in [-0.2, 0) is 22.0 Å².